The van der Waals surface area contributed by atoms with E-state index < -0.39 is 12.9 Å². The highest BCUT2D eigenvalue weighted by Crippen LogP contribution is 2.03. The van der Waals surface area contributed by atoms with Crippen molar-refractivity contribution < 1.29 is 19.2 Å². The van der Waals surface area contributed by atoms with Crippen molar-refractivity contribution in [2.24, 2.45) is 0 Å². The topological polar surface area (TPSA) is 49.7 Å². The summed E-state index contributed by atoms with van der Waals surface area (Å²) in [7, 11) is -1.65. The van der Waals surface area contributed by atoms with Gasteiger partial charge in [-0.3, -0.25) is 0 Å². The highest BCUT2D eigenvalue weighted by atomic mass is 19.1. The van der Waals surface area contributed by atoms with E-state index in [0.717, 1.165) is 6.07 Å². The van der Waals surface area contributed by atoms with Crippen LogP contribution in [-0.4, -0.2) is 23.8 Å². The first-order valence-corrected chi connectivity index (χ1v) is 4.36. The van der Waals surface area contributed by atoms with E-state index in [1.807, 2.05) is 6.92 Å². The summed E-state index contributed by atoms with van der Waals surface area (Å²) in [4.78, 5) is 0. The Kier molecular flexibility index (Phi) is 4.07. The van der Waals surface area contributed by atoms with Crippen LogP contribution < -0.4 is 5.46 Å². The maximum atomic E-state index is 12.9. The molecule has 14 heavy (non-hydrogen) atoms. The van der Waals surface area contributed by atoms with Gasteiger partial charge in [0.15, 0.2) is 0 Å². The number of ether oxygens (including phenoxy) is 1. The molecule has 1 aromatic rings. The Labute approximate surface area is 82.3 Å². The molecular formula is C9H12BFO3. The van der Waals surface area contributed by atoms with E-state index in [1.165, 1.54) is 12.1 Å². The van der Waals surface area contributed by atoms with Crippen molar-refractivity contribution in [3.63, 3.8) is 0 Å². The van der Waals surface area contributed by atoms with Gasteiger partial charge in [0.25, 0.3) is 0 Å². The third-order valence-electron chi connectivity index (χ3n) is 1.75. The summed E-state index contributed by atoms with van der Waals surface area (Å²) in [6.45, 7) is 2.64. The first-order chi connectivity index (χ1) is 6.63. The Balaban J connectivity index is 2.84. The van der Waals surface area contributed by atoms with Crippen LogP contribution in [-0.2, 0) is 11.3 Å². The van der Waals surface area contributed by atoms with Crippen LogP contribution in [0.25, 0.3) is 0 Å². The lowest BCUT2D eigenvalue weighted by Crippen LogP contribution is -2.30. The summed E-state index contributed by atoms with van der Waals surface area (Å²) in [6.07, 6.45) is 0. The molecule has 0 aliphatic heterocycles. The van der Waals surface area contributed by atoms with Crippen LogP contribution in [0.4, 0.5) is 4.39 Å². The fraction of sp³-hybridized carbons (Fsp3) is 0.333. The highest BCUT2D eigenvalue weighted by molar-refractivity contribution is 6.58. The van der Waals surface area contributed by atoms with E-state index in [0.29, 0.717) is 12.2 Å². The zero-order chi connectivity index (χ0) is 10.6. The van der Waals surface area contributed by atoms with Gasteiger partial charge in [0.2, 0.25) is 0 Å². The van der Waals surface area contributed by atoms with Crippen LogP contribution in [0.1, 0.15) is 12.5 Å². The molecule has 0 aliphatic rings. The molecule has 0 spiro atoms. The van der Waals surface area contributed by atoms with Gasteiger partial charge in [0, 0.05) is 6.61 Å². The Morgan fingerprint density at radius 1 is 1.36 bits per heavy atom. The van der Waals surface area contributed by atoms with Gasteiger partial charge in [-0.25, -0.2) is 4.39 Å². The molecule has 3 nitrogen and oxygen atoms in total. The van der Waals surface area contributed by atoms with Crippen LogP contribution >= 0.6 is 0 Å². The average molecular weight is 198 g/mol. The number of halogens is 1. The minimum absolute atomic E-state index is 0.139. The minimum atomic E-state index is -1.65. The third-order valence-corrected chi connectivity index (χ3v) is 1.75. The fourth-order valence-corrected chi connectivity index (χ4v) is 1.13. The van der Waals surface area contributed by atoms with Crippen LogP contribution in [0.3, 0.4) is 0 Å². The lowest BCUT2D eigenvalue weighted by molar-refractivity contribution is 0.134. The summed E-state index contributed by atoms with van der Waals surface area (Å²) in [6, 6.07) is 3.89. The zero-order valence-electron chi connectivity index (χ0n) is 7.90. The second kappa shape index (κ2) is 5.09. The van der Waals surface area contributed by atoms with E-state index in [1.54, 1.807) is 0 Å². The van der Waals surface area contributed by atoms with Gasteiger partial charge in [-0.05, 0) is 30.1 Å². The van der Waals surface area contributed by atoms with Crippen molar-refractivity contribution in [3.05, 3.63) is 29.6 Å². The molecule has 5 heteroatoms. The third kappa shape index (κ3) is 3.10. The molecule has 0 amide bonds. The lowest BCUT2D eigenvalue weighted by atomic mass is 9.79. The monoisotopic (exact) mass is 198 g/mol. The van der Waals surface area contributed by atoms with Gasteiger partial charge in [0.05, 0.1) is 6.61 Å². The van der Waals surface area contributed by atoms with Crippen molar-refractivity contribution in [1.82, 2.24) is 0 Å². The molecule has 0 unspecified atom stereocenters. The predicted octanol–water partition coefficient (Wildman–Crippen LogP) is 0.0420. The molecule has 76 valence electrons. The number of benzene rings is 1. The molecule has 1 aromatic carbocycles. The normalized spacial score (nSPS) is 10.3. The molecule has 0 saturated heterocycles. The largest absolute Gasteiger partial charge is 0.488 e. The summed E-state index contributed by atoms with van der Waals surface area (Å²) >= 11 is 0. The molecule has 0 saturated carbocycles. The molecule has 1 rings (SSSR count). The first kappa shape index (κ1) is 11.2. The smallest absolute Gasteiger partial charge is 0.423 e. The summed E-state index contributed by atoms with van der Waals surface area (Å²) in [5.74, 6) is -0.495. The van der Waals surface area contributed by atoms with Crippen LogP contribution in [0, 0.1) is 5.82 Å². The molecule has 2 N–H and O–H groups in total. The summed E-state index contributed by atoms with van der Waals surface area (Å²) < 4.78 is 18.0. The van der Waals surface area contributed by atoms with E-state index in [-0.39, 0.29) is 12.1 Å². The summed E-state index contributed by atoms with van der Waals surface area (Å²) in [5.41, 5.74) is 0.731. The highest BCUT2D eigenvalue weighted by Gasteiger charge is 2.12. The molecule has 0 bridgehead atoms. The number of hydrogen-bond donors (Lipinski definition) is 2. The van der Waals surface area contributed by atoms with Gasteiger partial charge in [-0.1, -0.05) is 6.07 Å². The first-order valence-electron chi connectivity index (χ1n) is 4.36. The molecule has 0 radical (unpaired) electrons. The zero-order valence-corrected chi connectivity index (χ0v) is 7.90. The fourth-order valence-electron chi connectivity index (χ4n) is 1.13. The van der Waals surface area contributed by atoms with Crippen LogP contribution in [0.15, 0.2) is 18.2 Å². The Bertz CT molecular complexity index is 304. The van der Waals surface area contributed by atoms with Crippen LogP contribution in [0.2, 0.25) is 0 Å². The van der Waals surface area contributed by atoms with Crippen molar-refractivity contribution in [1.29, 1.82) is 0 Å². The van der Waals surface area contributed by atoms with E-state index >= 15 is 0 Å². The van der Waals surface area contributed by atoms with Crippen LogP contribution in [0.5, 0.6) is 0 Å². The lowest BCUT2D eigenvalue weighted by Gasteiger charge is -2.05. The van der Waals surface area contributed by atoms with E-state index in [4.69, 9.17) is 14.8 Å². The van der Waals surface area contributed by atoms with Gasteiger partial charge in [-0.15, -0.1) is 0 Å². The second-order valence-corrected chi connectivity index (χ2v) is 2.90. The van der Waals surface area contributed by atoms with E-state index in [2.05, 4.69) is 0 Å². The van der Waals surface area contributed by atoms with Gasteiger partial charge in [-0.2, -0.15) is 0 Å². The van der Waals surface area contributed by atoms with Crippen molar-refractivity contribution in [3.8, 4) is 0 Å². The molecular weight excluding hydrogens is 186 g/mol. The minimum Gasteiger partial charge on any atom is -0.423 e. The second-order valence-electron chi connectivity index (χ2n) is 2.90. The Morgan fingerprint density at radius 2 is 2.07 bits per heavy atom. The SMILES string of the molecule is CCOCc1cc(F)cc(B(O)O)c1. The molecule has 0 fully saturated rings. The van der Waals surface area contributed by atoms with Crippen molar-refractivity contribution in [2.75, 3.05) is 6.61 Å². The molecule has 0 atom stereocenters. The summed E-state index contributed by atoms with van der Waals surface area (Å²) in [5, 5.41) is 17.7. The number of rotatable bonds is 4. The number of hydrogen-bond acceptors (Lipinski definition) is 3. The predicted molar refractivity (Wildman–Crippen MR) is 51.6 cm³/mol. The Morgan fingerprint density at radius 3 is 2.64 bits per heavy atom. The quantitative estimate of drug-likeness (QED) is 0.671. The van der Waals surface area contributed by atoms with Gasteiger partial charge >= 0.3 is 7.12 Å². The maximum absolute atomic E-state index is 12.9. The van der Waals surface area contributed by atoms with Gasteiger partial charge < -0.3 is 14.8 Å². The molecule has 0 aliphatic carbocycles. The van der Waals surface area contributed by atoms with Gasteiger partial charge in [0.1, 0.15) is 5.82 Å². The Hall–Kier alpha value is -0.905. The maximum Gasteiger partial charge on any atom is 0.488 e. The van der Waals surface area contributed by atoms with Crippen molar-refractivity contribution in [2.45, 2.75) is 13.5 Å². The molecule has 0 heterocycles. The standard InChI is InChI=1S/C9H12BFO3/c1-2-14-6-7-3-8(10(12)13)5-9(11)4-7/h3-5,12-13H,2,6H2,1H3. The molecule has 0 aromatic heterocycles. The van der Waals surface area contributed by atoms with Crippen molar-refractivity contribution >= 4 is 12.6 Å². The van der Waals surface area contributed by atoms with E-state index in [9.17, 15) is 4.39 Å². The average Bonchev–Trinajstić information content (AvgIpc) is 2.14.